The zero-order valence-electron chi connectivity index (χ0n) is 12.7. The molecule has 116 valence electrons. The van der Waals surface area contributed by atoms with Crippen LogP contribution in [0.25, 0.3) is 0 Å². The van der Waals surface area contributed by atoms with Gasteiger partial charge in [-0.2, -0.15) is 5.10 Å². The number of hydrogen-bond donors (Lipinski definition) is 0. The van der Waals surface area contributed by atoms with Crippen molar-refractivity contribution in [1.82, 2.24) is 19.7 Å². The molecule has 1 aliphatic carbocycles. The topological polar surface area (TPSA) is 43.2 Å². The number of morpholine rings is 1. The molecule has 5 nitrogen and oxygen atoms in total. The second-order valence-corrected chi connectivity index (χ2v) is 6.26. The molecule has 3 atom stereocenters. The zero-order valence-corrected chi connectivity index (χ0v) is 12.7. The molecule has 5 heteroatoms. The number of hydrogen-bond acceptors (Lipinski definition) is 4. The molecule has 2 aliphatic rings. The van der Waals surface area contributed by atoms with Crippen LogP contribution in [0.3, 0.4) is 0 Å². The summed E-state index contributed by atoms with van der Waals surface area (Å²) in [4.78, 5) is 7.03. The van der Waals surface area contributed by atoms with Gasteiger partial charge >= 0.3 is 0 Å². The fourth-order valence-electron chi connectivity index (χ4n) is 3.88. The van der Waals surface area contributed by atoms with Crippen LogP contribution in [-0.4, -0.2) is 45.0 Å². The average Bonchev–Trinajstić information content (AvgIpc) is 3.20. The van der Waals surface area contributed by atoms with E-state index < -0.39 is 0 Å². The Morgan fingerprint density at radius 1 is 1.18 bits per heavy atom. The third-order valence-electron chi connectivity index (χ3n) is 4.91. The molecule has 0 bridgehead atoms. The van der Waals surface area contributed by atoms with E-state index in [9.17, 15) is 0 Å². The van der Waals surface area contributed by atoms with Gasteiger partial charge in [0.05, 0.1) is 18.4 Å². The van der Waals surface area contributed by atoms with Gasteiger partial charge in [0.15, 0.2) is 0 Å². The van der Waals surface area contributed by atoms with E-state index >= 15 is 0 Å². The SMILES string of the molecule is c1ccc(CN2CCO[C@H]3[C@@H](Cn4cccn4)CC[C@@H]32)nc1. The number of fused-ring (bicyclic) bond motifs is 1. The Morgan fingerprint density at radius 2 is 2.18 bits per heavy atom. The minimum absolute atomic E-state index is 0.335. The van der Waals surface area contributed by atoms with Crippen LogP contribution in [-0.2, 0) is 17.8 Å². The summed E-state index contributed by atoms with van der Waals surface area (Å²) in [5.41, 5.74) is 1.15. The lowest BCUT2D eigenvalue weighted by atomic mass is 10.0. The van der Waals surface area contributed by atoms with E-state index in [1.165, 1.54) is 12.8 Å². The first-order chi connectivity index (χ1) is 10.9. The minimum Gasteiger partial charge on any atom is -0.375 e. The summed E-state index contributed by atoms with van der Waals surface area (Å²) in [7, 11) is 0. The smallest absolute Gasteiger partial charge is 0.0776 e. The molecular weight excluding hydrogens is 276 g/mol. The van der Waals surface area contributed by atoms with Gasteiger partial charge in [0.25, 0.3) is 0 Å². The van der Waals surface area contributed by atoms with Crippen molar-refractivity contribution in [1.29, 1.82) is 0 Å². The number of pyridine rings is 1. The highest BCUT2D eigenvalue weighted by atomic mass is 16.5. The molecule has 1 aliphatic heterocycles. The van der Waals surface area contributed by atoms with E-state index in [1.807, 2.05) is 35.4 Å². The molecule has 0 aromatic carbocycles. The Kier molecular flexibility index (Phi) is 3.91. The number of aromatic nitrogens is 3. The lowest BCUT2D eigenvalue weighted by Crippen LogP contribution is -2.50. The van der Waals surface area contributed by atoms with Crippen molar-refractivity contribution in [2.45, 2.75) is 38.1 Å². The van der Waals surface area contributed by atoms with Crippen LogP contribution in [0.1, 0.15) is 18.5 Å². The van der Waals surface area contributed by atoms with Crippen molar-refractivity contribution in [3.05, 3.63) is 48.5 Å². The van der Waals surface area contributed by atoms with Crippen molar-refractivity contribution in [2.24, 2.45) is 5.92 Å². The molecule has 1 saturated heterocycles. The number of ether oxygens (including phenoxy) is 1. The molecule has 2 aromatic rings. The summed E-state index contributed by atoms with van der Waals surface area (Å²) >= 11 is 0. The monoisotopic (exact) mass is 298 g/mol. The zero-order chi connectivity index (χ0) is 14.8. The van der Waals surface area contributed by atoms with Crippen LogP contribution in [0.2, 0.25) is 0 Å². The highest BCUT2D eigenvalue weighted by molar-refractivity contribution is 5.05. The Bertz CT molecular complexity index is 586. The highest BCUT2D eigenvalue weighted by Crippen LogP contribution is 2.36. The molecule has 2 fully saturated rings. The Hall–Kier alpha value is -1.72. The summed E-state index contributed by atoms with van der Waals surface area (Å²) in [6.07, 6.45) is 8.53. The third kappa shape index (κ3) is 2.78. The van der Waals surface area contributed by atoms with E-state index in [4.69, 9.17) is 4.74 Å². The maximum atomic E-state index is 6.13. The van der Waals surface area contributed by atoms with E-state index in [0.717, 1.165) is 31.9 Å². The van der Waals surface area contributed by atoms with E-state index in [0.29, 0.717) is 18.1 Å². The normalized spacial score (nSPS) is 28.6. The predicted octanol–water partition coefficient (Wildman–Crippen LogP) is 1.96. The van der Waals surface area contributed by atoms with Crippen molar-refractivity contribution in [3.63, 3.8) is 0 Å². The largest absolute Gasteiger partial charge is 0.375 e. The minimum atomic E-state index is 0.335. The lowest BCUT2D eigenvalue weighted by Gasteiger charge is -2.39. The Morgan fingerprint density at radius 3 is 3.00 bits per heavy atom. The first kappa shape index (κ1) is 13.9. The fraction of sp³-hybridized carbons (Fsp3) is 0.529. The molecule has 0 unspecified atom stereocenters. The van der Waals surface area contributed by atoms with Gasteiger partial charge in [0, 0.05) is 50.2 Å². The molecule has 3 heterocycles. The van der Waals surface area contributed by atoms with Crippen molar-refractivity contribution in [3.8, 4) is 0 Å². The molecule has 1 saturated carbocycles. The number of rotatable bonds is 4. The van der Waals surface area contributed by atoms with Gasteiger partial charge in [0.1, 0.15) is 0 Å². The summed E-state index contributed by atoms with van der Waals surface area (Å²) < 4.78 is 8.16. The van der Waals surface area contributed by atoms with Gasteiger partial charge < -0.3 is 4.74 Å². The molecule has 2 aromatic heterocycles. The van der Waals surface area contributed by atoms with Gasteiger partial charge in [-0.25, -0.2) is 0 Å². The van der Waals surface area contributed by atoms with Gasteiger partial charge in [-0.3, -0.25) is 14.6 Å². The van der Waals surface area contributed by atoms with Crippen molar-refractivity contribution >= 4 is 0 Å². The van der Waals surface area contributed by atoms with E-state index in [2.05, 4.69) is 27.1 Å². The highest BCUT2D eigenvalue weighted by Gasteiger charge is 2.42. The van der Waals surface area contributed by atoms with Crippen LogP contribution in [0.15, 0.2) is 42.9 Å². The summed E-state index contributed by atoms with van der Waals surface area (Å²) in [5.74, 6) is 0.566. The van der Waals surface area contributed by atoms with Crippen LogP contribution in [0.4, 0.5) is 0 Å². The van der Waals surface area contributed by atoms with Crippen LogP contribution >= 0.6 is 0 Å². The van der Waals surface area contributed by atoms with Crippen molar-refractivity contribution < 1.29 is 4.74 Å². The molecular formula is C17H22N4O. The maximum absolute atomic E-state index is 6.13. The first-order valence-corrected chi connectivity index (χ1v) is 8.13. The summed E-state index contributed by atoms with van der Waals surface area (Å²) in [5, 5.41) is 4.34. The van der Waals surface area contributed by atoms with Crippen LogP contribution < -0.4 is 0 Å². The van der Waals surface area contributed by atoms with E-state index in [-0.39, 0.29) is 0 Å². The Labute approximate surface area is 130 Å². The second kappa shape index (κ2) is 6.18. The van der Waals surface area contributed by atoms with Gasteiger partial charge in [-0.05, 0) is 31.0 Å². The van der Waals surface area contributed by atoms with Crippen molar-refractivity contribution in [2.75, 3.05) is 13.2 Å². The molecule has 0 amide bonds. The second-order valence-electron chi connectivity index (χ2n) is 6.26. The maximum Gasteiger partial charge on any atom is 0.0776 e. The molecule has 0 spiro atoms. The first-order valence-electron chi connectivity index (χ1n) is 8.13. The number of nitrogens with zero attached hydrogens (tertiary/aromatic N) is 4. The molecule has 4 rings (SSSR count). The summed E-state index contributed by atoms with van der Waals surface area (Å²) in [6.45, 7) is 3.72. The van der Waals surface area contributed by atoms with Gasteiger partial charge in [0.2, 0.25) is 0 Å². The van der Waals surface area contributed by atoms with Gasteiger partial charge in [-0.1, -0.05) is 6.07 Å². The molecule has 22 heavy (non-hydrogen) atoms. The fourth-order valence-corrected chi connectivity index (χ4v) is 3.88. The van der Waals surface area contributed by atoms with Gasteiger partial charge in [-0.15, -0.1) is 0 Å². The Balaban J connectivity index is 1.44. The van der Waals surface area contributed by atoms with Crippen LogP contribution in [0.5, 0.6) is 0 Å². The quantitative estimate of drug-likeness (QED) is 0.865. The summed E-state index contributed by atoms with van der Waals surface area (Å²) in [6, 6.07) is 8.66. The third-order valence-corrected chi connectivity index (χ3v) is 4.91. The van der Waals surface area contributed by atoms with E-state index in [1.54, 1.807) is 0 Å². The lowest BCUT2D eigenvalue weighted by molar-refractivity contribution is -0.0793. The molecule has 0 radical (unpaired) electrons. The molecule has 0 N–H and O–H groups in total. The average molecular weight is 298 g/mol. The predicted molar refractivity (Wildman–Crippen MR) is 83.1 cm³/mol. The van der Waals surface area contributed by atoms with Crippen LogP contribution in [0, 0.1) is 5.92 Å². The standard InChI is InChI=1S/C17H22N4O/c1-2-7-18-15(4-1)13-20-10-11-22-17-14(5-6-16(17)20)12-21-9-3-8-19-21/h1-4,7-9,14,16-17H,5-6,10-13H2/t14-,16+,17+/m1/s1.